The van der Waals surface area contributed by atoms with Gasteiger partial charge in [0.15, 0.2) is 0 Å². The number of H-pyrrole nitrogens is 1. The van der Waals surface area contributed by atoms with Crippen molar-refractivity contribution in [3.05, 3.63) is 4.77 Å². The van der Waals surface area contributed by atoms with Crippen molar-refractivity contribution in [3.63, 3.8) is 0 Å². The molecule has 1 aliphatic rings. The molecule has 0 bridgehead atoms. The quantitative estimate of drug-likeness (QED) is 0.673. The van der Waals surface area contributed by atoms with E-state index in [1.165, 1.54) is 6.42 Å². The minimum atomic E-state index is 0.559. The Kier molecular flexibility index (Phi) is 1.52. The summed E-state index contributed by atoms with van der Waals surface area (Å²) in [6.45, 7) is 3.20. The van der Waals surface area contributed by atoms with E-state index in [9.17, 15) is 0 Å². The molecule has 1 aliphatic carbocycles. The van der Waals surface area contributed by atoms with Gasteiger partial charge in [0.2, 0.25) is 4.77 Å². The highest BCUT2D eigenvalue weighted by molar-refractivity contribution is 7.71. The number of aromatic nitrogens is 4. The minimum Gasteiger partial charge on any atom is -0.242 e. The first-order valence-corrected chi connectivity index (χ1v) is 4.16. The van der Waals surface area contributed by atoms with Crippen molar-refractivity contribution >= 4 is 12.2 Å². The van der Waals surface area contributed by atoms with Crippen LogP contribution >= 0.6 is 12.2 Å². The van der Waals surface area contributed by atoms with Gasteiger partial charge in [0, 0.05) is 6.54 Å². The highest BCUT2D eigenvalue weighted by Gasteiger charge is 2.32. The molecule has 1 fully saturated rings. The second-order valence-corrected chi connectivity index (χ2v) is 3.53. The molecular formula is C6H10N4S. The molecule has 2 unspecified atom stereocenters. The largest absolute Gasteiger partial charge is 0.242 e. The maximum Gasteiger partial charge on any atom is 0.238 e. The standard InChI is InChI=1S/C6H10N4S/c1-4-2-5(4)3-10-6(11)7-8-9-10/h4-5H,2-3H2,1H3,(H,7,9,11). The molecule has 2 atom stereocenters. The Morgan fingerprint density at radius 3 is 3.00 bits per heavy atom. The van der Waals surface area contributed by atoms with Gasteiger partial charge in [0.05, 0.1) is 0 Å². The summed E-state index contributed by atoms with van der Waals surface area (Å²) in [4.78, 5) is 0. The monoisotopic (exact) mass is 170 g/mol. The number of tetrazole rings is 1. The Balaban J connectivity index is 2.07. The average molecular weight is 170 g/mol. The normalized spacial score (nSPS) is 28.8. The van der Waals surface area contributed by atoms with Crippen LogP contribution in [-0.2, 0) is 6.54 Å². The van der Waals surface area contributed by atoms with Crippen molar-refractivity contribution in [2.75, 3.05) is 0 Å². The molecule has 60 valence electrons. The van der Waals surface area contributed by atoms with Crippen molar-refractivity contribution in [1.29, 1.82) is 0 Å². The molecule has 5 heteroatoms. The summed E-state index contributed by atoms with van der Waals surface area (Å²) in [5, 5.41) is 10.1. The molecule has 2 rings (SSSR count). The molecule has 1 saturated carbocycles. The summed E-state index contributed by atoms with van der Waals surface area (Å²) in [5.74, 6) is 1.63. The van der Waals surface area contributed by atoms with Gasteiger partial charge in [0.25, 0.3) is 0 Å². The van der Waals surface area contributed by atoms with Gasteiger partial charge in [-0.3, -0.25) is 0 Å². The molecule has 1 heterocycles. The van der Waals surface area contributed by atoms with E-state index < -0.39 is 0 Å². The summed E-state index contributed by atoms with van der Waals surface area (Å²) < 4.78 is 2.38. The van der Waals surface area contributed by atoms with Crippen LogP contribution in [-0.4, -0.2) is 20.2 Å². The van der Waals surface area contributed by atoms with Crippen LogP contribution in [0.5, 0.6) is 0 Å². The molecule has 0 radical (unpaired) electrons. The van der Waals surface area contributed by atoms with Crippen LogP contribution in [0.25, 0.3) is 0 Å². The number of hydrogen-bond donors (Lipinski definition) is 1. The summed E-state index contributed by atoms with van der Waals surface area (Å²) >= 11 is 4.93. The van der Waals surface area contributed by atoms with Crippen LogP contribution < -0.4 is 0 Å². The minimum absolute atomic E-state index is 0.559. The van der Waals surface area contributed by atoms with E-state index in [0.717, 1.165) is 18.4 Å². The number of nitrogens with one attached hydrogen (secondary N) is 1. The molecule has 1 aromatic rings. The highest BCUT2D eigenvalue weighted by Crippen LogP contribution is 2.38. The Labute approximate surface area is 69.6 Å². The average Bonchev–Trinajstić information content (AvgIpc) is 2.48. The second kappa shape index (κ2) is 2.41. The van der Waals surface area contributed by atoms with E-state index in [0.29, 0.717) is 4.77 Å². The van der Waals surface area contributed by atoms with Gasteiger partial charge >= 0.3 is 0 Å². The molecule has 0 saturated heterocycles. The van der Waals surface area contributed by atoms with Gasteiger partial charge in [-0.25, -0.2) is 4.68 Å². The first kappa shape index (κ1) is 6.97. The Morgan fingerprint density at radius 2 is 2.55 bits per heavy atom. The van der Waals surface area contributed by atoms with Crippen LogP contribution in [0, 0.1) is 16.6 Å². The Morgan fingerprint density at radius 1 is 1.82 bits per heavy atom. The summed E-state index contributed by atoms with van der Waals surface area (Å²) in [6, 6.07) is 0. The lowest BCUT2D eigenvalue weighted by molar-refractivity contribution is 0.519. The molecule has 0 spiro atoms. The van der Waals surface area contributed by atoms with Crippen molar-refractivity contribution in [1.82, 2.24) is 20.2 Å². The first-order valence-electron chi connectivity index (χ1n) is 3.75. The van der Waals surface area contributed by atoms with Gasteiger partial charge < -0.3 is 0 Å². The zero-order chi connectivity index (χ0) is 7.84. The first-order chi connectivity index (χ1) is 5.27. The van der Waals surface area contributed by atoms with Gasteiger partial charge in [-0.05, 0) is 30.5 Å². The Hall–Kier alpha value is -0.710. The highest BCUT2D eigenvalue weighted by atomic mass is 32.1. The smallest absolute Gasteiger partial charge is 0.238 e. The van der Waals surface area contributed by atoms with Gasteiger partial charge in [-0.15, -0.1) is 0 Å². The van der Waals surface area contributed by atoms with E-state index in [-0.39, 0.29) is 0 Å². The number of aromatic amines is 1. The molecule has 1 aromatic heterocycles. The SMILES string of the molecule is CC1CC1Cn1[nH]nnc1=S. The van der Waals surface area contributed by atoms with E-state index in [2.05, 4.69) is 22.4 Å². The van der Waals surface area contributed by atoms with Gasteiger partial charge in [-0.1, -0.05) is 17.2 Å². The number of nitrogens with zero attached hydrogens (tertiary/aromatic N) is 3. The lowest BCUT2D eigenvalue weighted by atomic mass is 10.3. The van der Waals surface area contributed by atoms with Crippen molar-refractivity contribution in [2.24, 2.45) is 11.8 Å². The van der Waals surface area contributed by atoms with E-state index in [4.69, 9.17) is 12.2 Å². The predicted octanol–water partition coefficient (Wildman–Crippen LogP) is 0.992. The van der Waals surface area contributed by atoms with E-state index in [1.54, 1.807) is 0 Å². The van der Waals surface area contributed by atoms with E-state index in [1.807, 2.05) is 4.68 Å². The molecule has 4 nitrogen and oxygen atoms in total. The third-order valence-electron chi connectivity index (χ3n) is 2.23. The van der Waals surface area contributed by atoms with Crippen LogP contribution in [0.15, 0.2) is 0 Å². The Bertz CT molecular complexity index is 302. The summed E-state index contributed by atoms with van der Waals surface area (Å²) in [5.41, 5.74) is 0. The summed E-state index contributed by atoms with van der Waals surface area (Å²) in [6.07, 6.45) is 1.31. The maximum absolute atomic E-state index is 4.93. The fourth-order valence-electron chi connectivity index (χ4n) is 1.22. The molecule has 1 N–H and O–H groups in total. The fourth-order valence-corrected chi connectivity index (χ4v) is 1.38. The molecule has 0 aliphatic heterocycles. The third-order valence-corrected chi connectivity index (χ3v) is 2.53. The van der Waals surface area contributed by atoms with Crippen LogP contribution in [0.4, 0.5) is 0 Å². The van der Waals surface area contributed by atoms with Gasteiger partial charge in [0.1, 0.15) is 0 Å². The lowest BCUT2D eigenvalue weighted by Gasteiger charge is -1.96. The van der Waals surface area contributed by atoms with Crippen LogP contribution in [0.1, 0.15) is 13.3 Å². The van der Waals surface area contributed by atoms with Crippen molar-refractivity contribution < 1.29 is 0 Å². The molecule has 0 amide bonds. The van der Waals surface area contributed by atoms with Crippen molar-refractivity contribution in [2.45, 2.75) is 19.9 Å². The molecular weight excluding hydrogens is 160 g/mol. The van der Waals surface area contributed by atoms with Crippen LogP contribution in [0.2, 0.25) is 0 Å². The van der Waals surface area contributed by atoms with Crippen molar-refractivity contribution in [3.8, 4) is 0 Å². The van der Waals surface area contributed by atoms with Crippen LogP contribution in [0.3, 0.4) is 0 Å². The molecule has 11 heavy (non-hydrogen) atoms. The number of rotatable bonds is 2. The fraction of sp³-hybridized carbons (Fsp3) is 0.833. The zero-order valence-electron chi connectivity index (χ0n) is 6.32. The zero-order valence-corrected chi connectivity index (χ0v) is 7.14. The molecule has 0 aromatic carbocycles. The lowest BCUT2D eigenvalue weighted by Crippen LogP contribution is -2.02. The summed E-state index contributed by atoms with van der Waals surface area (Å²) in [7, 11) is 0. The maximum atomic E-state index is 4.93. The topological polar surface area (TPSA) is 46.5 Å². The third kappa shape index (κ3) is 1.33. The predicted molar refractivity (Wildman–Crippen MR) is 42.5 cm³/mol. The number of hydrogen-bond acceptors (Lipinski definition) is 3. The van der Waals surface area contributed by atoms with Gasteiger partial charge in [-0.2, -0.15) is 5.21 Å². The second-order valence-electron chi connectivity index (χ2n) is 3.17. The van der Waals surface area contributed by atoms with E-state index >= 15 is 0 Å².